The van der Waals surface area contributed by atoms with E-state index in [9.17, 15) is 0 Å². The van der Waals surface area contributed by atoms with Crippen LogP contribution in [0.15, 0.2) is 12.1 Å². The molecule has 0 spiro atoms. The van der Waals surface area contributed by atoms with Crippen molar-refractivity contribution in [3.8, 4) is 0 Å². The van der Waals surface area contributed by atoms with Gasteiger partial charge in [0.2, 0.25) is 0 Å². The molecule has 0 amide bonds. The van der Waals surface area contributed by atoms with Crippen molar-refractivity contribution in [2.45, 2.75) is 57.9 Å². The van der Waals surface area contributed by atoms with Gasteiger partial charge in [0.05, 0.1) is 4.34 Å². The summed E-state index contributed by atoms with van der Waals surface area (Å²) in [6.07, 6.45) is 10.0. The number of hydrogen-bond acceptors (Lipinski definition) is 2. The third-order valence-corrected chi connectivity index (χ3v) is 7.77. The van der Waals surface area contributed by atoms with Gasteiger partial charge in [-0.15, -0.1) is 11.3 Å². The first kappa shape index (κ1) is 14.5. The van der Waals surface area contributed by atoms with Gasteiger partial charge >= 0.3 is 0 Å². The number of rotatable bonds is 4. The van der Waals surface area contributed by atoms with E-state index in [1.807, 2.05) is 0 Å². The third kappa shape index (κ3) is 2.48. The van der Waals surface area contributed by atoms with E-state index < -0.39 is 0 Å². The maximum atomic E-state index is 6.13. The number of nitrogens with one attached hydrogen (secondary N) is 1. The van der Waals surface area contributed by atoms with Crippen LogP contribution in [0.4, 0.5) is 0 Å². The summed E-state index contributed by atoms with van der Waals surface area (Å²) >= 11 is 7.89. The minimum atomic E-state index is 0.546. The molecule has 0 aromatic carbocycles. The Hall–Kier alpha value is -0.0500. The normalized spacial score (nSPS) is 42.4. The molecule has 1 N–H and O–H groups in total. The number of likely N-dealkylation sites (N-methyl/N-ethyl adjacent to an activating group) is 1. The second kappa shape index (κ2) is 4.97. The van der Waals surface area contributed by atoms with Gasteiger partial charge in [0, 0.05) is 10.9 Å². The van der Waals surface area contributed by atoms with Crippen LogP contribution in [0.1, 0.15) is 50.3 Å². The average Bonchev–Trinajstić information content (AvgIpc) is 2.78. The van der Waals surface area contributed by atoms with Crippen molar-refractivity contribution in [1.82, 2.24) is 5.32 Å². The van der Waals surface area contributed by atoms with Crippen molar-refractivity contribution in [2.75, 3.05) is 7.05 Å². The molecule has 4 saturated carbocycles. The van der Waals surface area contributed by atoms with Crippen LogP contribution in [0, 0.1) is 22.7 Å². The van der Waals surface area contributed by atoms with E-state index in [1.165, 1.54) is 43.4 Å². The lowest BCUT2D eigenvalue weighted by atomic mass is 9.43. The molecular formula is C18H26ClNS. The quantitative estimate of drug-likeness (QED) is 0.809. The van der Waals surface area contributed by atoms with Gasteiger partial charge in [-0.1, -0.05) is 18.5 Å². The summed E-state index contributed by atoms with van der Waals surface area (Å²) in [4.78, 5) is 1.44. The summed E-state index contributed by atoms with van der Waals surface area (Å²) in [6.45, 7) is 2.56. The van der Waals surface area contributed by atoms with Gasteiger partial charge in [0.25, 0.3) is 0 Å². The van der Waals surface area contributed by atoms with Crippen molar-refractivity contribution in [3.63, 3.8) is 0 Å². The van der Waals surface area contributed by atoms with Gasteiger partial charge in [0.1, 0.15) is 0 Å². The first-order chi connectivity index (χ1) is 10.0. The van der Waals surface area contributed by atoms with Crippen LogP contribution in [0.2, 0.25) is 4.34 Å². The molecule has 4 fully saturated rings. The first-order valence-electron chi connectivity index (χ1n) is 8.42. The number of thiophene rings is 1. The lowest BCUT2D eigenvalue weighted by Gasteiger charge is -2.63. The third-order valence-electron chi connectivity index (χ3n) is 6.52. The monoisotopic (exact) mass is 323 g/mol. The summed E-state index contributed by atoms with van der Waals surface area (Å²) in [5.74, 6) is 2.00. The summed E-state index contributed by atoms with van der Waals surface area (Å²) in [5, 5.41) is 3.70. The van der Waals surface area contributed by atoms with E-state index in [4.69, 9.17) is 11.6 Å². The molecule has 21 heavy (non-hydrogen) atoms. The van der Waals surface area contributed by atoms with Gasteiger partial charge in [-0.2, -0.15) is 0 Å². The smallest absolute Gasteiger partial charge is 0.0931 e. The van der Waals surface area contributed by atoms with E-state index >= 15 is 0 Å². The Bertz CT molecular complexity index is 523. The summed E-state index contributed by atoms with van der Waals surface area (Å²) in [5.41, 5.74) is 1.18. The highest BCUT2D eigenvalue weighted by atomic mass is 35.5. The topological polar surface area (TPSA) is 12.0 Å². The maximum Gasteiger partial charge on any atom is 0.0931 e. The fourth-order valence-corrected chi connectivity index (χ4v) is 7.63. The minimum absolute atomic E-state index is 0.546. The lowest BCUT2D eigenvalue weighted by Crippen LogP contribution is -2.58. The maximum absolute atomic E-state index is 6.13. The highest BCUT2D eigenvalue weighted by Gasteiger charge is 2.57. The standard InChI is InChI=1S/C18H26ClNS/c1-17-7-12-5-13(8-17)10-18(9-12,11-17)15(20-2)6-14-3-4-16(19)21-14/h3-4,12-13,15,20H,5-11H2,1-2H3. The first-order valence-corrected chi connectivity index (χ1v) is 9.61. The lowest BCUT2D eigenvalue weighted by molar-refractivity contribution is -0.117. The van der Waals surface area contributed by atoms with Crippen LogP contribution < -0.4 is 5.32 Å². The van der Waals surface area contributed by atoms with E-state index in [2.05, 4.69) is 31.4 Å². The molecule has 4 aliphatic carbocycles. The molecule has 4 aliphatic rings. The molecular weight excluding hydrogens is 298 g/mol. The van der Waals surface area contributed by atoms with Crippen LogP contribution >= 0.6 is 22.9 Å². The van der Waals surface area contributed by atoms with E-state index in [1.54, 1.807) is 11.3 Å². The second-order valence-electron chi connectivity index (χ2n) is 8.39. The number of halogens is 1. The van der Waals surface area contributed by atoms with Crippen molar-refractivity contribution in [2.24, 2.45) is 22.7 Å². The zero-order valence-electron chi connectivity index (χ0n) is 13.1. The average molecular weight is 324 g/mol. The SMILES string of the molecule is CNC(Cc1ccc(Cl)s1)C12CC3CC(CC(C)(C3)C1)C2. The van der Waals surface area contributed by atoms with Gasteiger partial charge < -0.3 is 5.32 Å². The second-order valence-corrected chi connectivity index (χ2v) is 10.2. The predicted octanol–water partition coefficient (Wildman–Crippen LogP) is 5.14. The minimum Gasteiger partial charge on any atom is -0.316 e. The van der Waals surface area contributed by atoms with E-state index in [0.717, 1.165) is 22.6 Å². The molecule has 1 aromatic rings. The van der Waals surface area contributed by atoms with Gasteiger partial charge in [-0.25, -0.2) is 0 Å². The zero-order chi connectivity index (χ0) is 14.7. The molecule has 1 heterocycles. The van der Waals surface area contributed by atoms with E-state index in [-0.39, 0.29) is 0 Å². The van der Waals surface area contributed by atoms with Crippen molar-refractivity contribution in [1.29, 1.82) is 0 Å². The Morgan fingerprint density at radius 3 is 2.52 bits per heavy atom. The Balaban J connectivity index is 1.60. The summed E-state index contributed by atoms with van der Waals surface area (Å²) in [6, 6.07) is 4.90. The van der Waals surface area contributed by atoms with Gasteiger partial charge in [-0.05, 0) is 86.8 Å². The molecule has 0 aliphatic heterocycles. The molecule has 0 radical (unpaired) electrons. The molecule has 1 aromatic heterocycles. The molecule has 3 heteroatoms. The van der Waals surface area contributed by atoms with Crippen molar-refractivity contribution < 1.29 is 0 Å². The molecule has 116 valence electrons. The number of hydrogen-bond donors (Lipinski definition) is 1. The molecule has 3 atom stereocenters. The Labute approximate surface area is 137 Å². The highest BCUT2D eigenvalue weighted by Crippen LogP contribution is 2.66. The molecule has 0 saturated heterocycles. The van der Waals surface area contributed by atoms with Crippen LogP contribution in [0.5, 0.6) is 0 Å². The van der Waals surface area contributed by atoms with Crippen molar-refractivity contribution in [3.05, 3.63) is 21.3 Å². The Morgan fingerprint density at radius 1 is 1.29 bits per heavy atom. The van der Waals surface area contributed by atoms with Crippen LogP contribution in [-0.2, 0) is 6.42 Å². The van der Waals surface area contributed by atoms with Crippen LogP contribution in [0.3, 0.4) is 0 Å². The molecule has 1 nitrogen and oxygen atoms in total. The molecule has 4 bridgehead atoms. The highest BCUT2D eigenvalue weighted by molar-refractivity contribution is 7.16. The summed E-state index contributed by atoms with van der Waals surface area (Å²) < 4.78 is 0.928. The van der Waals surface area contributed by atoms with Gasteiger partial charge in [0.15, 0.2) is 0 Å². The van der Waals surface area contributed by atoms with Crippen molar-refractivity contribution >= 4 is 22.9 Å². The Kier molecular flexibility index (Phi) is 3.44. The summed E-state index contributed by atoms with van der Waals surface area (Å²) in [7, 11) is 2.17. The fourth-order valence-electron chi connectivity index (χ4n) is 6.49. The van der Waals surface area contributed by atoms with E-state index in [0.29, 0.717) is 16.9 Å². The van der Waals surface area contributed by atoms with Crippen LogP contribution in [-0.4, -0.2) is 13.1 Å². The largest absolute Gasteiger partial charge is 0.316 e. The Morgan fingerprint density at radius 2 is 2.00 bits per heavy atom. The van der Waals surface area contributed by atoms with Crippen LogP contribution in [0.25, 0.3) is 0 Å². The zero-order valence-corrected chi connectivity index (χ0v) is 14.7. The predicted molar refractivity (Wildman–Crippen MR) is 91.1 cm³/mol. The fraction of sp³-hybridized carbons (Fsp3) is 0.778. The molecule has 5 rings (SSSR count). The molecule has 3 unspecified atom stereocenters. The van der Waals surface area contributed by atoms with Gasteiger partial charge in [-0.3, -0.25) is 0 Å².